The largest absolute Gasteiger partial charge is 0.342 e. The van der Waals surface area contributed by atoms with Crippen LogP contribution < -0.4 is 10.5 Å². The SMILES string of the molecule is CC(=O)c1cc(C)cc2c(=O)n(C)c(N3CCC(C)(C)C3)nc12. The summed E-state index contributed by atoms with van der Waals surface area (Å²) in [4.78, 5) is 31.6. The number of anilines is 1. The van der Waals surface area contributed by atoms with Crippen molar-refractivity contribution in [1.29, 1.82) is 0 Å². The molecule has 122 valence electrons. The molecule has 0 spiro atoms. The minimum Gasteiger partial charge on any atom is -0.342 e. The second-order valence-electron chi connectivity index (χ2n) is 7.38. The summed E-state index contributed by atoms with van der Waals surface area (Å²) in [5, 5.41) is 0.514. The molecule has 3 rings (SSSR count). The Morgan fingerprint density at radius 3 is 2.57 bits per heavy atom. The standard InChI is InChI=1S/C18H23N3O2/c1-11-8-13(12(2)22)15-14(9-11)16(23)20(5)17(19-15)21-7-6-18(3,4)10-21/h8-9H,6-7,10H2,1-5H3. The molecule has 0 saturated carbocycles. The van der Waals surface area contributed by atoms with Crippen LogP contribution in [0.2, 0.25) is 0 Å². The predicted octanol–water partition coefficient (Wildman–Crippen LogP) is 2.68. The number of benzene rings is 1. The van der Waals surface area contributed by atoms with Crippen LogP contribution in [-0.4, -0.2) is 28.4 Å². The molecule has 0 unspecified atom stereocenters. The smallest absolute Gasteiger partial charge is 0.262 e. The number of aryl methyl sites for hydroxylation is 1. The van der Waals surface area contributed by atoms with Crippen molar-refractivity contribution >= 4 is 22.6 Å². The van der Waals surface area contributed by atoms with E-state index in [0.717, 1.165) is 25.1 Å². The monoisotopic (exact) mass is 313 g/mol. The van der Waals surface area contributed by atoms with Crippen LogP contribution in [0.3, 0.4) is 0 Å². The van der Waals surface area contributed by atoms with Crippen molar-refractivity contribution in [3.8, 4) is 0 Å². The van der Waals surface area contributed by atoms with Crippen molar-refractivity contribution in [2.24, 2.45) is 12.5 Å². The lowest BCUT2D eigenvalue weighted by Crippen LogP contribution is -2.31. The van der Waals surface area contributed by atoms with Gasteiger partial charge in [-0.1, -0.05) is 13.8 Å². The Bertz CT molecular complexity index is 865. The molecule has 5 heteroatoms. The molecule has 1 aromatic carbocycles. The van der Waals surface area contributed by atoms with Crippen molar-refractivity contribution < 1.29 is 4.79 Å². The molecule has 0 aliphatic carbocycles. The predicted molar refractivity (Wildman–Crippen MR) is 92.3 cm³/mol. The van der Waals surface area contributed by atoms with Gasteiger partial charge in [-0.05, 0) is 43.4 Å². The van der Waals surface area contributed by atoms with Crippen LogP contribution in [0.4, 0.5) is 5.95 Å². The molecular formula is C18H23N3O2. The summed E-state index contributed by atoms with van der Waals surface area (Å²) in [6.07, 6.45) is 1.06. The number of hydrogen-bond acceptors (Lipinski definition) is 4. The molecule has 1 aromatic heterocycles. The molecule has 0 amide bonds. The van der Waals surface area contributed by atoms with Gasteiger partial charge in [0, 0.05) is 25.7 Å². The summed E-state index contributed by atoms with van der Waals surface area (Å²) in [5.74, 6) is 0.589. The molecule has 0 bridgehead atoms. The highest BCUT2D eigenvalue weighted by Gasteiger charge is 2.31. The van der Waals surface area contributed by atoms with Crippen LogP contribution >= 0.6 is 0 Å². The van der Waals surface area contributed by atoms with Gasteiger partial charge in [0.15, 0.2) is 5.78 Å². The van der Waals surface area contributed by atoms with Gasteiger partial charge in [0.2, 0.25) is 5.95 Å². The molecule has 2 aromatic rings. The maximum Gasteiger partial charge on any atom is 0.262 e. The third kappa shape index (κ3) is 2.64. The van der Waals surface area contributed by atoms with Crippen molar-refractivity contribution in [3.05, 3.63) is 33.6 Å². The van der Waals surface area contributed by atoms with Crippen LogP contribution in [-0.2, 0) is 7.05 Å². The first-order chi connectivity index (χ1) is 10.7. The van der Waals surface area contributed by atoms with Crippen LogP contribution in [0.15, 0.2) is 16.9 Å². The zero-order valence-corrected chi connectivity index (χ0v) is 14.4. The normalized spacial score (nSPS) is 17.0. The van der Waals surface area contributed by atoms with Gasteiger partial charge in [-0.25, -0.2) is 4.98 Å². The number of carbonyl (C=O) groups is 1. The number of aromatic nitrogens is 2. The molecule has 1 aliphatic rings. The molecule has 2 heterocycles. The summed E-state index contributed by atoms with van der Waals surface area (Å²) >= 11 is 0. The average Bonchev–Trinajstić information content (AvgIpc) is 2.82. The number of hydrogen-bond donors (Lipinski definition) is 0. The zero-order chi connectivity index (χ0) is 16.9. The second-order valence-corrected chi connectivity index (χ2v) is 7.38. The maximum atomic E-state index is 12.8. The van der Waals surface area contributed by atoms with E-state index in [0.29, 0.717) is 22.4 Å². The van der Waals surface area contributed by atoms with Crippen LogP contribution in [0.5, 0.6) is 0 Å². The topological polar surface area (TPSA) is 55.2 Å². The lowest BCUT2D eigenvalue weighted by atomic mass is 9.93. The fraction of sp³-hybridized carbons (Fsp3) is 0.500. The van der Waals surface area contributed by atoms with E-state index in [1.54, 1.807) is 11.6 Å². The van der Waals surface area contributed by atoms with Crippen molar-refractivity contribution in [2.45, 2.75) is 34.1 Å². The van der Waals surface area contributed by atoms with Gasteiger partial charge in [-0.15, -0.1) is 0 Å². The van der Waals surface area contributed by atoms with Gasteiger partial charge in [0.25, 0.3) is 5.56 Å². The molecular weight excluding hydrogens is 290 g/mol. The summed E-state index contributed by atoms with van der Waals surface area (Å²) in [6.45, 7) is 9.58. The minimum absolute atomic E-state index is 0.0628. The Labute approximate surface area is 135 Å². The van der Waals surface area contributed by atoms with Gasteiger partial charge >= 0.3 is 0 Å². The highest BCUT2D eigenvalue weighted by Crippen LogP contribution is 2.32. The highest BCUT2D eigenvalue weighted by atomic mass is 16.1. The third-order valence-electron chi connectivity index (χ3n) is 4.64. The molecule has 5 nitrogen and oxygen atoms in total. The van der Waals surface area contributed by atoms with Crippen molar-refractivity contribution in [2.75, 3.05) is 18.0 Å². The number of carbonyl (C=O) groups excluding carboxylic acids is 1. The maximum absolute atomic E-state index is 12.8. The molecule has 0 N–H and O–H groups in total. The Morgan fingerprint density at radius 1 is 1.30 bits per heavy atom. The third-order valence-corrected chi connectivity index (χ3v) is 4.64. The first-order valence-electron chi connectivity index (χ1n) is 7.97. The van der Waals surface area contributed by atoms with Crippen molar-refractivity contribution in [1.82, 2.24) is 9.55 Å². The molecule has 1 aliphatic heterocycles. The molecule has 23 heavy (non-hydrogen) atoms. The average molecular weight is 313 g/mol. The van der Waals surface area contributed by atoms with Gasteiger partial charge in [-0.3, -0.25) is 14.2 Å². The summed E-state index contributed by atoms with van der Waals surface area (Å²) < 4.78 is 1.60. The first kappa shape index (κ1) is 15.7. The van der Waals surface area contributed by atoms with E-state index < -0.39 is 0 Å². The molecule has 1 fully saturated rings. The number of ketones is 1. The molecule has 0 radical (unpaired) electrons. The molecule has 0 atom stereocenters. The van der Waals surface area contributed by atoms with E-state index in [-0.39, 0.29) is 16.8 Å². The Balaban J connectivity index is 2.27. The van der Waals surface area contributed by atoms with Crippen LogP contribution in [0.25, 0.3) is 10.9 Å². The van der Waals surface area contributed by atoms with Crippen LogP contribution in [0, 0.1) is 12.3 Å². The zero-order valence-electron chi connectivity index (χ0n) is 14.4. The lowest BCUT2D eigenvalue weighted by molar-refractivity contribution is 0.101. The number of Topliss-reactive ketones (excluding diaryl/α,β-unsaturated/α-hetero) is 1. The Morgan fingerprint density at radius 2 is 2.00 bits per heavy atom. The van der Waals surface area contributed by atoms with Gasteiger partial charge in [0.1, 0.15) is 0 Å². The highest BCUT2D eigenvalue weighted by molar-refractivity contribution is 6.05. The minimum atomic E-state index is -0.0964. The number of fused-ring (bicyclic) bond motifs is 1. The summed E-state index contributed by atoms with van der Waals surface area (Å²) in [5.41, 5.74) is 2.06. The van der Waals surface area contributed by atoms with E-state index in [2.05, 4.69) is 18.7 Å². The fourth-order valence-electron chi connectivity index (χ4n) is 3.34. The van der Waals surface area contributed by atoms with E-state index >= 15 is 0 Å². The second kappa shape index (κ2) is 5.18. The van der Waals surface area contributed by atoms with E-state index in [1.807, 2.05) is 19.1 Å². The summed E-state index contributed by atoms with van der Waals surface area (Å²) in [7, 11) is 1.76. The van der Waals surface area contributed by atoms with Gasteiger partial charge in [0.05, 0.1) is 10.9 Å². The first-order valence-corrected chi connectivity index (χ1v) is 7.97. The quantitative estimate of drug-likeness (QED) is 0.800. The van der Waals surface area contributed by atoms with Crippen LogP contribution in [0.1, 0.15) is 43.1 Å². The Hall–Kier alpha value is -2.17. The summed E-state index contributed by atoms with van der Waals surface area (Å²) in [6, 6.07) is 3.63. The number of nitrogens with zero attached hydrogens (tertiary/aromatic N) is 3. The van der Waals surface area contributed by atoms with E-state index in [1.165, 1.54) is 6.92 Å². The number of rotatable bonds is 2. The van der Waals surface area contributed by atoms with Gasteiger partial charge < -0.3 is 4.90 Å². The lowest BCUT2D eigenvalue weighted by Gasteiger charge is -2.23. The fourth-order valence-corrected chi connectivity index (χ4v) is 3.34. The van der Waals surface area contributed by atoms with E-state index in [9.17, 15) is 9.59 Å². The molecule has 1 saturated heterocycles. The van der Waals surface area contributed by atoms with Gasteiger partial charge in [-0.2, -0.15) is 0 Å². The van der Waals surface area contributed by atoms with E-state index in [4.69, 9.17) is 4.98 Å². The Kier molecular flexibility index (Phi) is 3.54. The van der Waals surface area contributed by atoms with Crippen molar-refractivity contribution in [3.63, 3.8) is 0 Å².